The average Bonchev–Trinajstić information content (AvgIpc) is 3.38. The lowest BCUT2D eigenvalue weighted by molar-refractivity contribution is -0.127. The van der Waals surface area contributed by atoms with Gasteiger partial charge >= 0.3 is 0 Å². The lowest BCUT2D eigenvalue weighted by Crippen LogP contribution is -2.41. The van der Waals surface area contributed by atoms with Crippen molar-refractivity contribution in [2.45, 2.75) is 38.6 Å². The number of hydrogen-bond donors (Lipinski definition) is 1. The van der Waals surface area contributed by atoms with Gasteiger partial charge < -0.3 is 15.1 Å². The molecule has 1 N–H and O–H groups in total. The first-order valence-corrected chi connectivity index (χ1v) is 11.1. The molecule has 2 aliphatic rings. The highest BCUT2D eigenvalue weighted by Crippen LogP contribution is 2.38. The Bertz CT molecular complexity index is 1010. The van der Waals surface area contributed by atoms with Crippen molar-refractivity contribution in [1.82, 2.24) is 10.2 Å². The number of rotatable bonds is 6. The molecule has 160 valence electrons. The fraction of sp³-hybridized carbons (Fsp3) is 0.400. The van der Waals surface area contributed by atoms with Crippen molar-refractivity contribution in [1.29, 1.82) is 5.26 Å². The largest absolute Gasteiger partial charge is 0.356 e. The summed E-state index contributed by atoms with van der Waals surface area (Å²) in [6.45, 7) is 5.94. The Hall–Kier alpha value is -3.33. The highest BCUT2D eigenvalue weighted by atomic mass is 16.2. The van der Waals surface area contributed by atoms with E-state index < -0.39 is 0 Å². The molecule has 2 heterocycles. The van der Waals surface area contributed by atoms with E-state index in [1.165, 1.54) is 11.3 Å². The molecule has 1 amide bonds. The summed E-state index contributed by atoms with van der Waals surface area (Å²) in [5, 5.41) is 12.6. The van der Waals surface area contributed by atoms with Gasteiger partial charge in [0.1, 0.15) is 0 Å². The third kappa shape index (κ3) is 4.72. The molecule has 6 heteroatoms. The van der Waals surface area contributed by atoms with E-state index in [0.29, 0.717) is 24.4 Å². The number of likely N-dealkylation sites (tertiary alicyclic amines) is 1. The maximum absolute atomic E-state index is 12.0. The molecule has 0 radical (unpaired) electrons. The molecule has 0 aliphatic carbocycles. The van der Waals surface area contributed by atoms with Crippen LogP contribution in [-0.2, 0) is 11.3 Å². The Morgan fingerprint density at radius 1 is 1.26 bits per heavy atom. The maximum atomic E-state index is 12.0. The van der Waals surface area contributed by atoms with Crippen molar-refractivity contribution in [3.8, 4) is 6.07 Å². The molecule has 0 spiro atoms. The zero-order valence-corrected chi connectivity index (χ0v) is 18.1. The number of guanidine groups is 1. The molecule has 0 bridgehead atoms. The number of nitrogens with zero attached hydrogens (tertiary/aromatic N) is 4. The molecule has 2 aliphatic heterocycles. The summed E-state index contributed by atoms with van der Waals surface area (Å²) in [5.41, 5.74) is 4.18. The van der Waals surface area contributed by atoms with Crippen LogP contribution in [0.15, 0.2) is 53.5 Å². The number of fused-ring (bicyclic) bond motifs is 1. The van der Waals surface area contributed by atoms with Crippen LogP contribution in [0.25, 0.3) is 0 Å². The monoisotopic (exact) mass is 415 g/mol. The molecular formula is C25H29N5O. The van der Waals surface area contributed by atoms with Gasteiger partial charge in [-0.1, -0.05) is 30.3 Å². The molecule has 6 nitrogen and oxygen atoms in total. The first kappa shape index (κ1) is 20.9. The summed E-state index contributed by atoms with van der Waals surface area (Å²) in [5.74, 6) is 1.52. The zero-order chi connectivity index (χ0) is 21.6. The SMILES string of the molecule is CCNC(=NCc1cccc(C#N)c1)N1CC(CCN2CCCC2=O)c2ccccc21. The highest BCUT2D eigenvalue weighted by Gasteiger charge is 2.32. The van der Waals surface area contributed by atoms with Gasteiger partial charge in [-0.25, -0.2) is 4.99 Å². The lowest BCUT2D eigenvalue weighted by atomic mass is 9.98. The minimum Gasteiger partial charge on any atom is -0.356 e. The summed E-state index contributed by atoms with van der Waals surface area (Å²) >= 11 is 0. The summed E-state index contributed by atoms with van der Waals surface area (Å²) < 4.78 is 0. The number of hydrogen-bond acceptors (Lipinski definition) is 3. The van der Waals surface area contributed by atoms with Gasteiger partial charge in [0.2, 0.25) is 5.91 Å². The van der Waals surface area contributed by atoms with Crippen LogP contribution < -0.4 is 10.2 Å². The molecular weight excluding hydrogens is 386 g/mol. The minimum absolute atomic E-state index is 0.289. The fourth-order valence-electron chi connectivity index (χ4n) is 4.50. The molecule has 2 aromatic carbocycles. The number of carbonyl (C=O) groups excluding carboxylic acids is 1. The maximum Gasteiger partial charge on any atom is 0.222 e. The molecule has 1 fully saturated rings. The van der Waals surface area contributed by atoms with Gasteiger partial charge in [-0.3, -0.25) is 4.79 Å². The van der Waals surface area contributed by atoms with Gasteiger partial charge in [-0.05, 0) is 49.1 Å². The summed E-state index contributed by atoms with van der Waals surface area (Å²) in [7, 11) is 0. The molecule has 1 unspecified atom stereocenters. The third-order valence-electron chi connectivity index (χ3n) is 6.05. The van der Waals surface area contributed by atoms with Gasteiger partial charge in [0.25, 0.3) is 0 Å². The number of para-hydroxylation sites is 1. The van der Waals surface area contributed by atoms with Gasteiger partial charge in [-0.2, -0.15) is 5.26 Å². The Balaban J connectivity index is 1.52. The number of aliphatic imine (C=N–C) groups is 1. The third-order valence-corrected chi connectivity index (χ3v) is 6.05. The Morgan fingerprint density at radius 2 is 2.13 bits per heavy atom. The second-order valence-electron chi connectivity index (χ2n) is 8.12. The standard InChI is InChI=1S/C25H29N5O/c1-2-27-25(28-17-20-8-5-7-19(15-20)16-26)30-18-21(22-9-3-4-10-23(22)30)12-14-29-13-6-11-24(29)31/h3-5,7-10,15,21H,2,6,11-14,17-18H2,1H3,(H,27,28). The van der Waals surface area contributed by atoms with Crippen molar-refractivity contribution in [2.75, 3.05) is 31.1 Å². The summed E-state index contributed by atoms with van der Waals surface area (Å²) in [6.07, 6.45) is 2.64. The first-order chi connectivity index (χ1) is 15.2. The van der Waals surface area contributed by atoms with Crippen LogP contribution in [0.4, 0.5) is 5.69 Å². The van der Waals surface area contributed by atoms with Crippen LogP contribution in [0.2, 0.25) is 0 Å². The van der Waals surface area contributed by atoms with Crippen molar-refractivity contribution >= 4 is 17.6 Å². The molecule has 0 saturated carbocycles. The number of benzene rings is 2. The fourth-order valence-corrected chi connectivity index (χ4v) is 4.50. The van der Waals surface area contributed by atoms with Gasteiger partial charge in [0, 0.05) is 44.2 Å². The summed E-state index contributed by atoms with van der Waals surface area (Å²) in [6, 6.07) is 18.3. The van der Waals surface area contributed by atoms with E-state index in [1.54, 1.807) is 0 Å². The molecule has 1 saturated heterocycles. The van der Waals surface area contributed by atoms with Crippen LogP contribution in [0.3, 0.4) is 0 Å². The smallest absolute Gasteiger partial charge is 0.222 e. The number of carbonyl (C=O) groups is 1. The van der Waals surface area contributed by atoms with E-state index in [2.05, 4.69) is 47.5 Å². The van der Waals surface area contributed by atoms with Crippen LogP contribution >= 0.6 is 0 Å². The Labute approximate surface area is 184 Å². The van der Waals surface area contributed by atoms with Crippen molar-refractivity contribution < 1.29 is 4.79 Å². The predicted molar refractivity (Wildman–Crippen MR) is 123 cm³/mol. The lowest BCUT2D eigenvalue weighted by Gasteiger charge is -2.23. The van der Waals surface area contributed by atoms with Gasteiger partial charge in [0.05, 0.1) is 18.2 Å². The number of amides is 1. The van der Waals surface area contributed by atoms with Crippen LogP contribution in [0, 0.1) is 11.3 Å². The van der Waals surface area contributed by atoms with E-state index >= 15 is 0 Å². The average molecular weight is 416 g/mol. The Kier molecular flexibility index (Phi) is 6.51. The molecule has 0 aromatic heterocycles. The highest BCUT2D eigenvalue weighted by molar-refractivity contribution is 5.98. The number of nitrogens with one attached hydrogen (secondary N) is 1. The van der Waals surface area contributed by atoms with Crippen LogP contribution in [0.5, 0.6) is 0 Å². The Morgan fingerprint density at radius 3 is 2.90 bits per heavy atom. The van der Waals surface area contributed by atoms with Crippen molar-refractivity contribution in [3.05, 3.63) is 65.2 Å². The van der Waals surface area contributed by atoms with E-state index in [0.717, 1.165) is 50.5 Å². The molecule has 2 aromatic rings. The second kappa shape index (κ2) is 9.65. The molecule has 1 atom stereocenters. The van der Waals surface area contributed by atoms with E-state index in [1.807, 2.05) is 29.2 Å². The van der Waals surface area contributed by atoms with Crippen molar-refractivity contribution in [2.24, 2.45) is 4.99 Å². The van der Waals surface area contributed by atoms with Crippen LogP contribution in [-0.4, -0.2) is 42.9 Å². The number of nitriles is 1. The zero-order valence-electron chi connectivity index (χ0n) is 18.1. The van der Waals surface area contributed by atoms with Crippen molar-refractivity contribution in [3.63, 3.8) is 0 Å². The topological polar surface area (TPSA) is 71.7 Å². The van der Waals surface area contributed by atoms with Gasteiger partial charge in [-0.15, -0.1) is 0 Å². The normalized spacial score (nSPS) is 18.3. The van der Waals surface area contributed by atoms with Crippen LogP contribution in [0.1, 0.15) is 48.8 Å². The van der Waals surface area contributed by atoms with E-state index in [9.17, 15) is 4.79 Å². The minimum atomic E-state index is 0.289. The predicted octanol–water partition coefficient (Wildman–Crippen LogP) is 3.64. The second-order valence-corrected chi connectivity index (χ2v) is 8.12. The van der Waals surface area contributed by atoms with Gasteiger partial charge in [0.15, 0.2) is 5.96 Å². The quantitative estimate of drug-likeness (QED) is 0.578. The first-order valence-electron chi connectivity index (χ1n) is 11.1. The number of anilines is 1. The molecule has 31 heavy (non-hydrogen) atoms. The van der Waals surface area contributed by atoms with E-state index in [4.69, 9.17) is 10.3 Å². The summed E-state index contributed by atoms with van der Waals surface area (Å²) in [4.78, 5) is 21.2. The van der Waals surface area contributed by atoms with E-state index in [-0.39, 0.29) is 5.91 Å². The molecule has 4 rings (SSSR count).